The number of hydrogen-bond acceptors (Lipinski definition) is 1. The summed E-state index contributed by atoms with van der Waals surface area (Å²) >= 11 is -0.539. The van der Waals surface area contributed by atoms with E-state index in [4.69, 9.17) is 3.32 Å². The molecule has 0 saturated carbocycles. The van der Waals surface area contributed by atoms with Crippen LogP contribution in [-0.4, -0.2) is 16.1 Å². The van der Waals surface area contributed by atoms with E-state index in [1.165, 1.54) is 10.8 Å². The molecule has 0 aromatic heterocycles. The van der Waals surface area contributed by atoms with Crippen LogP contribution in [0.5, 0.6) is 5.75 Å². The molecule has 0 radical (unpaired) electrons. The van der Waals surface area contributed by atoms with Gasteiger partial charge in [-0.25, -0.2) is 0 Å². The van der Waals surface area contributed by atoms with Crippen LogP contribution >= 0.6 is 24.8 Å². The van der Waals surface area contributed by atoms with Crippen LogP contribution in [0.2, 0.25) is 37.8 Å². The third-order valence-electron chi connectivity index (χ3n) is 5.68. The Kier molecular flexibility index (Phi) is 9.90. The van der Waals surface area contributed by atoms with Gasteiger partial charge in [-0.1, -0.05) is 0 Å². The van der Waals surface area contributed by atoms with Crippen LogP contribution in [0.25, 0.3) is 0 Å². The van der Waals surface area contributed by atoms with Gasteiger partial charge in [0.2, 0.25) is 0 Å². The molecule has 0 aliphatic heterocycles. The van der Waals surface area contributed by atoms with Gasteiger partial charge in [-0.3, -0.25) is 0 Å². The predicted molar refractivity (Wildman–Crippen MR) is 127 cm³/mol. The van der Waals surface area contributed by atoms with Gasteiger partial charge in [0.05, 0.1) is 0 Å². The van der Waals surface area contributed by atoms with Crippen molar-refractivity contribution in [3.63, 3.8) is 0 Å². The predicted octanol–water partition coefficient (Wildman–Crippen LogP) is 7.02. The molecule has 152 valence electrons. The normalized spacial score (nSPS) is 14.6. The number of rotatable bonds is 5. The molecule has 1 aromatic rings. The molecular weight excluding hydrogens is 443 g/mol. The van der Waals surface area contributed by atoms with Crippen molar-refractivity contribution in [3.8, 4) is 5.75 Å². The first-order valence-corrected chi connectivity index (χ1v) is 17.2. The molecule has 0 bridgehead atoms. The number of benzene rings is 1. The van der Waals surface area contributed by atoms with Crippen molar-refractivity contribution in [2.45, 2.75) is 71.9 Å². The number of allylic oxidation sites excluding steroid dienone is 4. The van der Waals surface area contributed by atoms with Gasteiger partial charge < -0.3 is 0 Å². The van der Waals surface area contributed by atoms with Crippen LogP contribution in [0.15, 0.2) is 39.4 Å². The summed E-state index contributed by atoms with van der Waals surface area (Å²) < 4.78 is 8.02. The average Bonchev–Trinajstić information content (AvgIpc) is 2.92. The maximum absolute atomic E-state index is 6.42. The Morgan fingerprint density at radius 3 is 2.07 bits per heavy atom. The van der Waals surface area contributed by atoms with Gasteiger partial charge in [-0.2, -0.15) is 0 Å². The van der Waals surface area contributed by atoms with Crippen LogP contribution in [0.1, 0.15) is 32.8 Å². The zero-order valence-corrected chi connectivity index (χ0v) is 23.5. The fraction of sp³-hybridized carbons (Fsp3) is 0.524. The van der Waals surface area contributed by atoms with Gasteiger partial charge in [-0.05, 0) is 0 Å². The standard InChI is InChI=1S/C13H22OSi.C8H13Si.2ClH.Ti/c1-10-7-11(14)9-12(8-10)15(5,6)13(2,3)4;1-9(2,3)8-6-4-5-7-8;;;/h7-9,14H,1-6H3;4,6H,5H2,1-3H3;2*1H;/q;;;;+1/p-1. The van der Waals surface area contributed by atoms with E-state index in [1.807, 2.05) is 0 Å². The molecule has 0 atom stereocenters. The summed E-state index contributed by atoms with van der Waals surface area (Å²) in [5.74, 6) is 1.09. The first-order chi connectivity index (χ1) is 11.3. The third kappa shape index (κ3) is 6.62. The fourth-order valence-corrected chi connectivity index (χ4v) is 9.75. The van der Waals surface area contributed by atoms with Crippen molar-refractivity contribution < 1.29 is 22.9 Å². The molecule has 0 spiro atoms. The van der Waals surface area contributed by atoms with Gasteiger partial charge in [0.25, 0.3) is 0 Å². The third-order valence-corrected chi connectivity index (χ3v) is 15.3. The largest absolute Gasteiger partial charge is 0.147 e. The molecule has 2 rings (SSSR count). The molecule has 1 aromatic carbocycles. The number of hydrogen-bond donors (Lipinski definition) is 0. The molecule has 0 amide bonds. The quantitative estimate of drug-likeness (QED) is 0.413. The van der Waals surface area contributed by atoms with E-state index in [2.05, 4.69) is 90.8 Å². The molecule has 0 heterocycles. The Hall–Kier alpha value is 0.228. The van der Waals surface area contributed by atoms with Gasteiger partial charge in [0.1, 0.15) is 0 Å². The molecule has 0 fully saturated rings. The van der Waals surface area contributed by atoms with Crippen LogP contribution in [0, 0.1) is 6.92 Å². The topological polar surface area (TPSA) is 9.23 Å². The molecule has 0 N–H and O–H groups in total. The second kappa shape index (κ2) is 9.82. The maximum atomic E-state index is 6.42. The summed E-state index contributed by atoms with van der Waals surface area (Å²) in [6, 6.07) is 6.94. The average molecular weight is 479 g/mol. The Balaban J connectivity index is 0.00000338. The molecule has 1 aliphatic carbocycles. The Morgan fingerprint density at radius 1 is 0.963 bits per heavy atom. The Bertz CT molecular complexity index is 714. The summed E-state index contributed by atoms with van der Waals surface area (Å²) in [5, 5.41) is 3.49. The summed E-state index contributed by atoms with van der Waals surface area (Å²) in [6.45, 7) is 21.6. The van der Waals surface area contributed by atoms with E-state index in [0.29, 0.717) is 5.04 Å². The van der Waals surface area contributed by atoms with Gasteiger partial charge >= 0.3 is 167 Å². The Labute approximate surface area is 190 Å². The van der Waals surface area contributed by atoms with E-state index in [0.717, 1.165) is 12.2 Å². The summed E-state index contributed by atoms with van der Waals surface area (Å²) in [4.78, 5) is 0. The first kappa shape index (κ1) is 27.2. The molecule has 1 nitrogen and oxygen atoms in total. The SMILES string of the molecule is Cc1cc([O][Ti][C]2=C([Si](C)(C)C)C=CC2)cc([Si](C)(C)C(C)(C)C)c1.Cl.Cl. The minimum Gasteiger partial charge on any atom is -0.147 e. The zero-order valence-electron chi connectivity index (χ0n) is 18.3. The van der Waals surface area contributed by atoms with Gasteiger partial charge in [-0.15, -0.1) is 24.8 Å². The second-order valence-electron chi connectivity index (χ2n) is 9.86. The molecule has 6 heteroatoms. The molecule has 1 aliphatic rings. The molecule has 0 unspecified atom stereocenters. The van der Waals surface area contributed by atoms with Crippen LogP contribution in [-0.2, 0) is 19.5 Å². The minimum absolute atomic E-state index is 0. The van der Waals surface area contributed by atoms with Gasteiger partial charge in [0, 0.05) is 0 Å². The first-order valence-electron chi connectivity index (χ1n) is 9.27. The summed E-state index contributed by atoms with van der Waals surface area (Å²) in [7, 11) is -2.78. The van der Waals surface area contributed by atoms with Crippen molar-refractivity contribution in [3.05, 3.63) is 45.0 Å². The molecule has 0 saturated heterocycles. The van der Waals surface area contributed by atoms with Gasteiger partial charge in [0.15, 0.2) is 0 Å². The van der Waals surface area contributed by atoms with Crippen LogP contribution in [0.3, 0.4) is 0 Å². The van der Waals surface area contributed by atoms with E-state index in [1.54, 1.807) is 9.07 Å². The number of halogens is 2. The van der Waals surface area contributed by atoms with Crippen molar-refractivity contribution in [2.75, 3.05) is 0 Å². The van der Waals surface area contributed by atoms with E-state index < -0.39 is 35.7 Å². The van der Waals surface area contributed by atoms with Crippen molar-refractivity contribution >= 4 is 46.1 Å². The molecule has 27 heavy (non-hydrogen) atoms. The molecular formula is C21H36Cl2OSi2Ti. The van der Waals surface area contributed by atoms with Crippen LogP contribution in [0.4, 0.5) is 0 Å². The fourth-order valence-electron chi connectivity index (χ4n) is 3.03. The van der Waals surface area contributed by atoms with E-state index in [9.17, 15) is 0 Å². The Morgan fingerprint density at radius 2 is 1.56 bits per heavy atom. The van der Waals surface area contributed by atoms with Crippen molar-refractivity contribution in [1.82, 2.24) is 0 Å². The summed E-state index contributed by atoms with van der Waals surface area (Å²) in [5.41, 5.74) is 1.33. The maximum Gasteiger partial charge on any atom is -0.147 e. The van der Waals surface area contributed by atoms with Crippen molar-refractivity contribution in [2.24, 2.45) is 0 Å². The van der Waals surface area contributed by atoms with E-state index in [-0.39, 0.29) is 24.8 Å². The zero-order chi connectivity index (χ0) is 19.0. The van der Waals surface area contributed by atoms with Crippen molar-refractivity contribution in [1.29, 1.82) is 0 Å². The second-order valence-corrected chi connectivity index (χ2v) is 21.8. The summed E-state index contributed by atoms with van der Waals surface area (Å²) in [6.07, 6.45) is 5.80. The smallest absolute Gasteiger partial charge is 0.147 e. The number of aryl methyl sites for hydroxylation is 1. The minimum atomic E-state index is -1.53. The van der Waals surface area contributed by atoms with Crippen LogP contribution < -0.4 is 8.51 Å². The monoisotopic (exact) mass is 478 g/mol. The van der Waals surface area contributed by atoms with E-state index >= 15 is 0 Å².